The number of hydrogen-bond donors (Lipinski definition) is 2. The summed E-state index contributed by atoms with van der Waals surface area (Å²) in [6, 6.07) is 1.69. The molecule has 2 unspecified atom stereocenters. The Morgan fingerprint density at radius 3 is 2.22 bits per heavy atom. The van der Waals surface area contributed by atoms with Crippen LogP contribution in [-0.4, -0.2) is 72.5 Å². The van der Waals surface area contributed by atoms with Crippen LogP contribution in [0.1, 0.15) is 64.2 Å². The van der Waals surface area contributed by atoms with Gasteiger partial charge in [-0.15, -0.1) is 0 Å². The van der Waals surface area contributed by atoms with Crippen LogP contribution < -0.4 is 10.6 Å². The van der Waals surface area contributed by atoms with Crippen molar-refractivity contribution < 1.29 is 9.59 Å². The minimum absolute atomic E-state index is 0.159. The van der Waals surface area contributed by atoms with Crippen molar-refractivity contribution in [2.75, 3.05) is 32.7 Å². The van der Waals surface area contributed by atoms with Gasteiger partial charge >= 0.3 is 0 Å². The molecule has 2 amide bonds. The van der Waals surface area contributed by atoms with Crippen LogP contribution >= 0.6 is 0 Å². The van der Waals surface area contributed by atoms with E-state index in [1.807, 2.05) is 4.90 Å². The van der Waals surface area contributed by atoms with Crippen molar-refractivity contribution in [2.24, 2.45) is 5.92 Å². The molecule has 0 aromatic carbocycles. The second-order valence-electron chi connectivity index (χ2n) is 9.24. The first-order valence-corrected chi connectivity index (χ1v) is 11.2. The van der Waals surface area contributed by atoms with E-state index in [1.165, 1.54) is 44.9 Å². The molecule has 0 aromatic heterocycles. The standard InChI is InChI=1S/C21H36N4O2/c26-20(23-17-4-2-1-3-5-17)15-24-8-10-25(11-9-24)21(27)14-16-12-18-6-7-19(13-16)22-18/h16-19,22H,1-15H2,(H,23,26). The van der Waals surface area contributed by atoms with Crippen molar-refractivity contribution in [2.45, 2.75) is 82.3 Å². The second kappa shape index (κ2) is 8.91. The van der Waals surface area contributed by atoms with E-state index in [9.17, 15) is 9.59 Å². The number of piperidine rings is 1. The lowest BCUT2D eigenvalue weighted by molar-refractivity contribution is -0.134. The lowest BCUT2D eigenvalue weighted by Crippen LogP contribution is -2.52. The maximum Gasteiger partial charge on any atom is 0.234 e. The van der Waals surface area contributed by atoms with Gasteiger partial charge in [0, 0.05) is 50.7 Å². The third kappa shape index (κ3) is 5.23. The van der Waals surface area contributed by atoms with Gasteiger partial charge in [-0.3, -0.25) is 14.5 Å². The number of carbonyl (C=O) groups excluding carboxylic acids is 2. The van der Waals surface area contributed by atoms with Gasteiger partial charge in [-0.25, -0.2) is 0 Å². The highest BCUT2D eigenvalue weighted by Crippen LogP contribution is 2.33. The zero-order valence-electron chi connectivity index (χ0n) is 16.6. The van der Waals surface area contributed by atoms with Crippen LogP contribution in [0.25, 0.3) is 0 Å². The summed E-state index contributed by atoms with van der Waals surface area (Å²) in [5.74, 6) is 1.05. The summed E-state index contributed by atoms with van der Waals surface area (Å²) >= 11 is 0. The van der Waals surface area contributed by atoms with E-state index in [0.717, 1.165) is 45.4 Å². The van der Waals surface area contributed by atoms with Crippen molar-refractivity contribution in [3.05, 3.63) is 0 Å². The summed E-state index contributed by atoms with van der Waals surface area (Å²) in [5.41, 5.74) is 0. The molecular weight excluding hydrogens is 340 g/mol. The average Bonchev–Trinajstić information content (AvgIpc) is 3.01. The third-order valence-electron chi connectivity index (χ3n) is 7.10. The van der Waals surface area contributed by atoms with Crippen LogP contribution in [0.4, 0.5) is 0 Å². The molecule has 6 heteroatoms. The summed E-state index contributed by atoms with van der Waals surface area (Å²) in [7, 11) is 0. The third-order valence-corrected chi connectivity index (χ3v) is 7.10. The Hall–Kier alpha value is -1.14. The molecule has 0 radical (unpaired) electrons. The first-order chi connectivity index (χ1) is 13.2. The van der Waals surface area contributed by atoms with Crippen LogP contribution in [0.15, 0.2) is 0 Å². The van der Waals surface area contributed by atoms with Gasteiger partial charge in [-0.1, -0.05) is 19.3 Å². The molecule has 3 saturated heterocycles. The van der Waals surface area contributed by atoms with Gasteiger partial charge in [0.25, 0.3) is 0 Å². The van der Waals surface area contributed by atoms with E-state index in [4.69, 9.17) is 0 Å². The lowest BCUT2D eigenvalue weighted by Gasteiger charge is -2.36. The fraction of sp³-hybridized carbons (Fsp3) is 0.905. The Morgan fingerprint density at radius 1 is 0.889 bits per heavy atom. The quantitative estimate of drug-likeness (QED) is 0.763. The molecule has 0 spiro atoms. The first-order valence-electron chi connectivity index (χ1n) is 11.2. The van der Waals surface area contributed by atoms with Gasteiger partial charge < -0.3 is 15.5 Å². The van der Waals surface area contributed by atoms with E-state index >= 15 is 0 Å². The Kier molecular flexibility index (Phi) is 6.33. The molecule has 0 aromatic rings. The molecule has 1 aliphatic carbocycles. The van der Waals surface area contributed by atoms with Gasteiger partial charge in [0.05, 0.1) is 6.54 Å². The Bertz CT molecular complexity index is 514. The highest BCUT2D eigenvalue weighted by molar-refractivity contribution is 5.78. The van der Waals surface area contributed by atoms with E-state index in [2.05, 4.69) is 15.5 Å². The molecule has 2 atom stereocenters. The van der Waals surface area contributed by atoms with Gasteiger partial charge in [-0.05, 0) is 44.4 Å². The summed E-state index contributed by atoms with van der Waals surface area (Å²) in [5, 5.41) is 6.86. The van der Waals surface area contributed by atoms with Crippen molar-refractivity contribution in [3.8, 4) is 0 Å². The number of nitrogens with one attached hydrogen (secondary N) is 2. The van der Waals surface area contributed by atoms with Crippen LogP contribution in [0.5, 0.6) is 0 Å². The molecule has 2 N–H and O–H groups in total. The molecule has 4 fully saturated rings. The Balaban J connectivity index is 1.15. The maximum absolute atomic E-state index is 12.7. The molecule has 2 bridgehead atoms. The number of hydrogen-bond acceptors (Lipinski definition) is 4. The fourth-order valence-corrected chi connectivity index (χ4v) is 5.60. The fourth-order valence-electron chi connectivity index (χ4n) is 5.60. The smallest absolute Gasteiger partial charge is 0.234 e. The molecular formula is C21H36N4O2. The molecule has 6 nitrogen and oxygen atoms in total. The molecule has 4 rings (SSSR count). The highest BCUT2D eigenvalue weighted by Gasteiger charge is 2.35. The van der Waals surface area contributed by atoms with Gasteiger partial charge in [-0.2, -0.15) is 0 Å². The Labute approximate surface area is 163 Å². The maximum atomic E-state index is 12.7. The van der Waals surface area contributed by atoms with Gasteiger partial charge in [0.15, 0.2) is 0 Å². The number of nitrogens with zero attached hydrogens (tertiary/aromatic N) is 2. The summed E-state index contributed by atoms with van der Waals surface area (Å²) < 4.78 is 0. The number of fused-ring (bicyclic) bond motifs is 2. The molecule has 27 heavy (non-hydrogen) atoms. The van der Waals surface area contributed by atoms with Gasteiger partial charge in [0.2, 0.25) is 11.8 Å². The van der Waals surface area contributed by atoms with Crippen LogP contribution in [-0.2, 0) is 9.59 Å². The molecule has 3 aliphatic heterocycles. The lowest BCUT2D eigenvalue weighted by atomic mass is 9.89. The zero-order valence-corrected chi connectivity index (χ0v) is 16.6. The van der Waals surface area contributed by atoms with Crippen LogP contribution in [0.3, 0.4) is 0 Å². The molecule has 1 saturated carbocycles. The molecule has 4 aliphatic rings. The van der Waals surface area contributed by atoms with E-state index in [-0.39, 0.29) is 5.91 Å². The topological polar surface area (TPSA) is 64.7 Å². The van der Waals surface area contributed by atoms with Crippen LogP contribution in [0.2, 0.25) is 0 Å². The largest absolute Gasteiger partial charge is 0.352 e. The predicted molar refractivity (Wildman–Crippen MR) is 105 cm³/mol. The van der Waals surface area contributed by atoms with Crippen molar-refractivity contribution in [3.63, 3.8) is 0 Å². The van der Waals surface area contributed by atoms with Gasteiger partial charge in [0.1, 0.15) is 0 Å². The minimum atomic E-state index is 0.159. The molecule has 152 valence electrons. The monoisotopic (exact) mass is 376 g/mol. The van der Waals surface area contributed by atoms with Crippen molar-refractivity contribution in [1.29, 1.82) is 0 Å². The average molecular weight is 377 g/mol. The summed E-state index contributed by atoms with van der Waals surface area (Å²) in [4.78, 5) is 29.2. The minimum Gasteiger partial charge on any atom is -0.352 e. The highest BCUT2D eigenvalue weighted by atomic mass is 16.2. The van der Waals surface area contributed by atoms with Crippen molar-refractivity contribution in [1.82, 2.24) is 20.4 Å². The summed E-state index contributed by atoms with van der Waals surface area (Å²) in [6.45, 7) is 3.67. The second-order valence-corrected chi connectivity index (χ2v) is 9.24. The van der Waals surface area contributed by atoms with E-state index in [0.29, 0.717) is 36.5 Å². The SMILES string of the molecule is O=C(CN1CCN(C(=O)CC2CC3CCC(C2)N3)CC1)NC1CCCCC1. The van der Waals surface area contributed by atoms with E-state index in [1.54, 1.807) is 0 Å². The summed E-state index contributed by atoms with van der Waals surface area (Å²) in [6.07, 6.45) is 11.7. The van der Waals surface area contributed by atoms with E-state index < -0.39 is 0 Å². The number of amides is 2. The number of rotatable bonds is 5. The normalized spacial score (nSPS) is 32.4. The first kappa shape index (κ1) is 19.2. The number of carbonyl (C=O) groups is 2. The van der Waals surface area contributed by atoms with Crippen LogP contribution in [0, 0.1) is 5.92 Å². The predicted octanol–water partition coefficient (Wildman–Crippen LogP) is 1.50. The molecule has 3 heterocycles. The van der Waals surface area contributed by atoms with Crippen molar-refractivity contribution >= 4 is 11.8 Å². The Morgan fingerprint density at radius 2 is 1.56 bits per heavy atom. The number of piperazine rings is 1. The zero-order chi connectivity index (χ0) is 18.6.